The summed E-state index contributed by atoms with van der Waals surface area (Å²) in [5, 5.41) is 8.92. The van der Waals surface area contributed by atoms with Crippen molar-refractivity contribution in [2.75, 3.05) is 13.1 Å². The van der Waals surface area contributed by atoms with Gasteiger partial charge in [-0.05, 0) is 19.1 Å². The molecule has 20 heavy (non-hydrogen) atoms. The van der Waals surface area contributed by atoms with E-state index in [0.717, 1.165) is 9.87 Å². The van der Waals surface area contributed by atoms with Crippen molar-refractivity contribution in [2.24, 2.45) is 5.92 Å². The minimum Gasteiger partial charge on any atom is -0.481 e. The van der Waals surface area contributed by atoms with Gasteiger partial charge < -0.3 is 5.11 Å². The number of sulfonamides is 1. The summed E-state index contributed by atoms with van der Waals surface area (Å²) in [6.07, 6.45) is 1.44. The first-order valence-corrected chi connectivity index (χ1v) is 7.63. The summed E-state index contributed by atoms with van der Waals surface area (Å²) >= 11 is 0. The summed E-state index contributed by atoms with van der Waals surface area (Å²) in [7, 11) is -3.71. The number of carboxylic acid groups (broad SMARTS) is 1. The van der Waals surface area contributed by atoms with Gasteiger partial charge in [0.25, 0.3) is 0 Å². The van der Waals surface area contributed by atoms with Crippen LogP contribution < -0.4 is 0 Å². The zero-order valence-electron chi connectivity index (χ0n) is 11.6. The first-order chi connectivity index (χ1) is 9.28. The second kappa shape index (κ2) is 6.67. The first-order valence-electron chi connectivity index (χ1n) is 6.19. The molecule has 5 nitrogen and oxygen atoms in total. The van der Waals surface area contributed by atoms with Crippen LogP contribution in [0.2, 0.25) is 0 Å². The number of rotatable bonds is 7. The largest absolute Gasteiger partial charge is 0.481 e. The molecule has 0 aliphatic carbocycles. The van der Waals surface area contributed by atoms with Crippen LogP contribution in [0.4, 0.5) is 0 Å². The van der Waals surface area contributed by atoms with Gasteiger partial charge in [-0.25, -0.2) is 8.42 Å². The van der Waals surface area contributed by atoms with Crippen LogP contribution in [0.1, 0.15) is 12.5 Å². The first kappa shape index (κ1) is 16.4. The van der Waals surface area contributed by atoms with E-state index in [1.165, 1.54) is 25.1 Å². The number of nitrogens with zero attached hydrogens (tertiary/aromatic N) is 1. The molecule has 0 aliphatic rings. The highest BCUT2D eigenvalue weighted by molar-refractivity contribution is 7.89. The number of carbonyl (C=O) groups is 1. The fourth-order valence-corrected chi connectivity index (χ4v) is 3.16. The highest BCUT2D eigenvalue weighted by Crippen LogP contribution is 2.17. The molecule has 1 atom stereocenters. The van der Waals surface area contributed by atoms with Gasteiger partial charge >= 0.3 is 5.97 Å². The minimum absolute atomic E-state index is 0.0772. The van der Waals surface area contributed by atoms with Crippen molar-refractivity contribution < 1.29 is 18.3 Å². The predicted molar refractivity (Wildman–Crippen MR) is 76.9 cm³/mol. The lowest BCUT2D eigenvalue weighted by Gasteiger charge is -2.22. The topological polar surface area (TPSA) is 74.7 Å². The van der Waals surface area contributed by atoms with Crippen molar-refractivity contribution in [3.05, 3.63) is 42.5 Å². The second-order valence-corrected chi connectivity index (χ2v) is 6.60. The summed E-state index contributed by atoms with van der Waals surface area (Å²) in [6.45, 7) is 6.85. The molecule has 0 bridgehead atoms. The van der Waals surface area contributed by atoms with Crippen LogP contribution in [-0.2, 0) is 14.8 Å². The van der Waals surface area contributed by atoms with Crippen LogP contribution in [-0.4, -0.2) is 36.9 Å². The van der Waals surface area contributed by atoms with Gasteiger partial charge in [0.05, 0.1) is 10.8 Å². The van der Waals surface area contributed by atoms with Crippen LogP contribution in [0.15, 0.2) is 41.8 Å². The van der Waals surface area contributed by atoms with Crippen LogP contribution >= 0.6 is 0 Å². The maximum Gasteiger partial charge on any atom is 0.307 e. The van der Waals surface area contributed by atoms with Gasteiger partial charge in [-0.1, -0.05) is 30.7 Å². The molecule has 1 rings (SSSR count). The van der Waals surface area contributed by atoms with E-state index in [2.05, 4.69) is 6.58 Å². The van der Waals surface area contributed by atoms with Gasteiger partial charge in [-0.2, -0.15) is 4.31 Å². The standard InChI is InChI=1S/C14H19NO4S/c1-4-9-15(10-12(3)14(16)17)20(18,19)13-7-5-11(2)6-8-13/h4-8,12H,1,9-10H2,2-3H3,(H,16,17). The summed E-state index contributed by atoms with van der Waals surface area (Å²) in [6, 6.07) is 6.46. The van der Waals surface area contributed by atoms with Crippen LogP contribution in [0.25, 0.3) is 0 Å². The van der Waals surface area contributed by atoms with E-state index in [9.17, 15) is 13.2 Å². The average molecular weight is 297 g/mol. The molecule has 1 N–H and O–H groups in total. The maximum atomic E-state index is 12.5. The third-order valence-electron chi connectivity index (χ3n) is 2.89. The zero-order valence-corrected chi connectivity index (χ0v) is 12.4. The maximum absolute atomic E-state index is 12.5. The minimum atomic E-state index is -3.71. The molecule has 0 fully saturated rings. The Balaban J connectivity index is 3.08. The van der Waals surface area contributed by atoms with Crippen molar-refractivity contribution in [3.8, 4) is 0 Å². The van der Waals surface area contributed by atoms with E-state index >= 15 is 0 Å². The normalized spacial score (nSPS) is 13.2. The molecule has 0 spiro atoms. The third kappa shape index (κ3) is 3.91. The van der Waals surface area contributed by atoms with E-state index in [1.807, 2.05) is 6.92 Å². The Morgan fingerprint density at radius 3 is 2.40 bits per heavy atom. The molecule has 1 unspecified atom stereocenters. The summed E-state index contributed by atoms with van der Waals surface area (Å²) < 4.78 is 26.1. The molecule has 0 aromatic heterocycles. The fraction of sp³-hybridized carbons (Fsp3) is 0.357. The monoisotopic (exact) mass is 297 g/mol. The van der Waals surface area contributed by atoms with E-state index in [0.29, 0.717) is 0 Å². The Morgan fingerprint density at radius 2 is 1.95 bits per heavy atom. The Morgan fingerprint density at radius 1 is 1.40 bits per heavy atom. The van der Waals surface area contributed by atoms with Crippen molar-refractivity contribution in [1.82, 2.24) is 4.31 Å². The molecular weight excluding hydrogens is 278 g/mol. The molecule has 6 heteroatoms. The van der Waals surface area contributed by atoms with Crippen molar-refractivity contribution in [1.29, 1.82) is 0 Å². The lowest BCUT2D eigenvalue weighted by molar-refractivity contribution is -0.141. The molecule has 1 aromatic carbocycles. The lowest BCUT2D eigenvalue weighted by Crippen LogP contribution is -2.37. The van der Waals surface area contributed by atoms with Crippen LogP contribution in [0, 0.1) is 12.8 Å². The summed E-state index contributed by atoms with van der Waals surface area (Å²) in [5.41, 5.74) is 0.957. The van der Waals surface area contributed by atoms with E-state index in [1.54, 1.807) is 12.1 Å². The predicted octanol–water partition coefficient (Wildman–Crippen LogP) is 1.89. The zero-order chi connectivity index (χ0) is 15.3. The molecule has 110 valence electrons. The molecule has 0 saturated carbocycles. The molecule has 0 amide bonds. The summed E-state index contributed by atoms with van der Waals surface area (Å²) in [4.78, 5) is 11.1. The number of aliphatic carboxylic acids is 1. The van der Waals surface area contributed by atoms with Gasteiger partial charge in [0, 0.05) is 13.1 Å². The fourth-order valence-electron chi connectivity index (χ4n) is 1.66. The lowest BCUT2D eigenvalue weighted by atomic mass is 10.2. The third-order valence-corrected chi connectivity index (χ3v) is 4.74. The van der Waals surface area contributed by atoms with Crippen molar-refractivity contribution >= 4 is 16.0 Å². The van der Waals surface area contributed by atoms with Crippen molar-refractivity contribution in [2.45, 2.75) is 18.7 Å². The Bertz CT molecular complexity index is 578. The molecule has 0 heterocycles. The van der Waals surface area contributed by atoms with E-state index < -0.39 is 21.9 Å². The van der Waals surface area contributed by atoms with Gasteiger partial charge in [-0.3, -0.25) is 4.79 Å². The van der Waals surface area contributed by atoms with Crippen LogP contribution in [0.3, 0.4) is 0 Å². The van der Waals surface area contributed by atoms with Gasteiger partial charge in [0.2, 0.25) is 10.0 Å². The Labute approximate surface area is 119 Å². The number of benzene rings is 1. The second-order valence-electron chi connectivity index (χ2n) is 4.66. The number of hydrogen-bond acceptors (Lipinski definition) is 3. The van der Waals surface area contributed by atoms with Gasteiger partial charge in [-0.15, -0.1) is 6.58 Å². The van der Waals surface area contributed by atoms with Crippen molar-refractivity contribution in [3.63, 3.8) is 0 Å². The molecule has 0 saturated heterocycles. The average Bonchev–Trinajstić information content (AvgIpc) is 2.38. The molecular formula is C14H19NO4S. The van der Waals surface area contributed by atoms with Gasteiger partial charge in [0.1, 0.15) is 0 Å². The van der Waals surface area contributed by atoms with E-state index in [-0.39, 0.29) is 18.0 Å². The number of hydrogen-bond donors (Lipinski definition) is 1. The van der Waals surface area contributed by atoms with Gasteiger partial charge in [0.15, 0.2) is 0 Å². The molecule has 0 radical (unpaired) electrons. The van der Waals surface area contributed by atoms with E-state index in [4.69, 9.17) is 5.11 Å². The smallest absolute Gasteiger partial charge is 0.307 e. The number of carboxylic acids is 1. The Kier molecular flexibility index (Phi) is 5.47. The SMILES string of the molecule is C=CCN(CC(C)C(=O)O)S(=O)(=O)c1ccc(C)cc1. The Hall–Kier alpha value is -1.66. The number of aryl methyl sites for hydroxylation is 1. The highest BCUT2D eigenvalue weighted by Gasteiger charge is 2.27. The highest BCUT2D eigenvalue weighted by atomic mass is 32.2. The molecule has 1 aromatic rings. The van der Waals surface area contributed by atoms with Crippen LogP contribution in [0.5, 0.6) is 0 Å². The quantitative estimate of drug-likeness (QED) is 0.780. The molecule has 0 aliphatic heterocycles. The summed E-state index contributed by atoms with van der Waals surface area (Å²) in [5.74, 6) is -1.81.